The van der Waals surface area contributed by atoms with Crippen molar-refractivity contribution in [1.82, 2.24) is 0 Å². The first-order chi connectivity index (χ1) is 8.54. The third-order valence-corrected chi connectivity index (χ3v) is 4.81. The van der Waals surface area contributed by atoms with Gasteiger partial charge in [0.2, 0.25) is 10.3 Å². The lowest BCUT2D eigenvalue weighted by atomic mass is 10.3. The number of benzene rings is 1. The number of nitrogens with zero attached hydrogens (tertiary/aromatic N) is 2. The van der Waals surface area contributed by atoms with Crippen molar-refractivity contribution >= 4 is 41.9 Å². The highest BCUT2D eigenvalue weighted by Crippen LogP contribution is 2.43. The number of ether oxygens (including phenoxy) is 1. The minimum Gasteiger partial charge on any atom is -1.00 e. The van der Waals surface area contributed by atoms with Gasteiger partial charge in [-0.2, -0.15) is 16.8 Å². The average Bonchev–Trinajstić information content (AvgIpc) is 2.25. The van der Waals surface area contributed by atoms with Crippen LogP contribution in [-0.4, -0.2) is 33.1 Å². The summed E-state index contributed by atoms with van der Waals surface area (Å²) in [6, 6.07) is 0.547. The van der Waals surface area contributed by atoms with E-state index in [1.165, 1.54) is 0 Å². The van der Waals surface area contributed by atoms with E-state index in [4.69, 9.17) is 14.5 Å². The molecule has 13 heteroatoms. The Balaban J connectivity index is 0.00000361. The Morgan fingerprint density at radius 2 is 1.75 bits per heavy atom. The highest BCUT2D eigenvalue weighted by atomic mass is 79.9. The molecular weight excluding hydrogens is 448 g/mol. The number of hydrogen-bond donors (Lipinski definition) is 2. The molecule has 0 aliphatic carbocycles. The van der Waals surface area contributed by atoms with Crippen LogP contribution in [-0.2, 0) is 20.2 Å². The van der Waals surface area contributed by atoms with E-state index in [9.17, 15) is 16.8 Å². The second-order valence-corrected chi connectivity index (χ2v) is 6.66. The van der Waals surface area contributed by atoms with Crippen LogP contribution in [0, 0.1) is 5.39 Å². The Bertz CT molecular complexity index is 782. The van der Waals surface area contributed by atoms with Gasteiger partial charge in [0.25, 0.3) is 10.1 Å². The highest BCUT2D eigenvalue weighted by molar-refractivity contribution is 9.10. The second kappa shape index (κ2) is 6.33. The zero-order valence-corrected chi connectivity index (χ0v) is 14.3. The second-order valence-electron chi connectivity index (χ2n) is 3.12. The molecule has 0 radical (unpaired) electrons. The zero-order chi connectivity index (χ0) is 15.0. The summed E-state index contributed by atoms with van der Waals surface area (Å²) in [6.45, 7) is 0. The number of methoxy groups -OCH3 is 1. The van der Waals surface area contributed by atoms with Crippen LogP contribution in [0.5, 0.6) is 5.75 Å². The summed E-state index contributed by atoms with van der Waals surface area (Å²) in [5.41, 5.74) is -0.810. The van der Waals surface area contributed by atoms with Gasteiger partial charge >= 0.3 is 15.8 Å². The lowest BCUT2D eigenvalue weighted by Crippen LogP contribution is -3.00. The van der Waals surface area contributed by atoms with Gasteiger partial charge in [-0.05, 0) is 15.9 Å². The van der Waals surface area contributed by atoms with E-state index in [1.54, 1.807) is 0 Å². The molecule has 0 amide bonds. The first-order valence-corrected chi connectivity index (χ1v) is 7.92. The van der Waals surface area contributed by atoms with Crippen LogP contribution in [0.2, 0.25) is 0 Å². The molecule has 0 bridgehead atoms. The van der Waals surface area contributed by atoms with Gasteiger partial charge in [0, 0.05) is 0 Å². The Kier molecular flexibility index (Phi) is 6.08. The van der Waals surface area contributed by atoms with Gasteiger partial charge in [-0.25, -0.2) is 0 Å². The molecule has 1 aromatic rings. The predicted molar refractivity (Wildman–Crippen MR) is 65.1 cm³/mol. The van der Waals surface area contributed by atoms with Crippen LogP contribution in [0.15, 0.2) is 20.3 Å². The van der Waals surface area contributed by atoms with Crippen LogP contribution in [0.25, 0.3) is 4.98 Å². The van der Waals surface area contributed by atoms with Crippen molar-refractivity contribution in [3.8, 4) is 5.75 Å². The van der Waals surface area contributed by atoms with Crippen molar-refractivity contribution in [3.05, 3.63) is 15.5 Å². The van der Waals surface area contributed by atoms with Crippen LogP contribution in [0.3, 0.4) is 0 Å². The van der Waals surface area contributed by atoms with Crippen molar-refractivity contribution in [3.63, 3.8) is 0 Å². The molecule has 0 aliphatic heterocycles. The summed E-state index contributed by atoms with van der Waals surface area (Å²) in [6.07, 6.45) is 0. The summed E-state index contributed by atoms with van der Waals surface area (Å²) in [5, 5.41) is 8.68. The molecular formula is C7H6Br2N2O7S2. The van der Waals surface area contributed by atoms with Gasteiger partial charge in [0.05, 0.1) is 17.6 Å². The molecule has 0 atom stereocenters. The lowest BCUT2D eigenvalue weighted by molar-refractivity contribution is -0.0000127. The maximum atomic E-state index is 11.2. The third-order valence-electron chi connectivity index (χ3n) is 1.97. The molecule has 9 nitrogen and oxygen atoms in total. The molecule has 0 fully saturated rings. The number of rotatable bonds is 3. The van der Waals surface area contributed by atoms with Gasteiger partial charge in [0.15, 0.2) is 10.7 Å². The van der Waals surface area contributed by atoms with Crippen LogP contribution >= 0.6 is 15.9 Å². The smallest absolute Gasteiger partial charge is 0.411 e. The van der Waals surface area contributed by atoms with Gasteiger partial charge in [-0.15, -0.1) is 0 Å². The van der Waals surface area contributed by atoms with E-state index in [0.717, 1.165) is 7.11 Å². The molecule has 0 spiro atoms. The number of diazo groups is 1. The van der Waals surface area contributed by atoms with Gasteiger partial charge in [-0.1, -0.05) is 0 Å². The Hall–Kier alpha value is -0.780. The lowest BCUT2D eigenvalue weighted by Gasteiger charge is -2.08. The largest absolute Gasteiger partial charge is 1.00 e. The molecule has 0 saturated heterocycles. The van der Waals surface area contributed by atoms with E-state index in [0.29, 0.717) is 6.07 Å². The van der Waals surface area contributed by atoms with Crippen molar-refractivity contribution in [2.45, 2.75) is 9.79 Å². The SMILES string of the molecule is COc1c(Br)c(S(=O)(=O)O)cc([N+]#N)c1S(=O)(=O)O.[Br-]. The van der Waals surface area contributed by atoms with Gasteiger partial charge in [-0.3, -0.25) is 9.11 Å². The monoisotopic (exact) mass is 452 g/mol. The first kappa shape index (κ1) is 19.2. The van der Waals surface area contributed by atoms with Crippen LogP contribution in [0.4, 0.5) is 5.69 Å². The van der Waals surface area contributed by atoms with E-state index < -0.39 is 45.9 Å². The predicted octanol–water partition coefficient (Wildman–Crippen LogP) is -1.56. The zero-order valence-electron chi connectivity index (χ0n) is 9.48. The molecule has 0 heterocycles. The highest BCUT2D eigenvalue weighted by Gasteiger charge is 2.36. The van der Waals surface area contributed by atoms with Gasteiger partial charge in [0.1, 0.15) is 4.90 Å². The molecule has 1 aromatic carbocycles. The molecule has 0 aliphatic rings. The molecule has 0 aromatic heterocycles. The molecule has 0 unspecified atom stereocenters. The molecule has 20 heavy (non-hydrogen) atoms. The molecule has 0 saturated carbocycles. The fourth-order valence-corrected chi connectivity index (χ4v) is 3.86. The quantitative estimate of drug-likeness (QED) is 0.412. The van der Waals surface area contributed by atoms with E-state index in [1.807, 2.05) is 0 Å². The molecule has 1 rings (SSSR count). The van der Waals surface area contributed by atoms with Gasteiger partial charge < -0.3 is 21.7 Å². The van der Waals surface area contributed by atoms with Crippen LogP contribution in [0.1, 0.15) is 0 Å². The summed E-state index contributed by atoms with van der Waals surface area (Å²) in [5.74, 6) is -0.634. The summed E-state index contributed by atoms with van der Waals surface area (Å²) in [7, 11) is -8.60. The molecule has 2 N–H and O–H groups in total. The van der Waals surface area contributed by atoms with E-state index in [2.05, 4.69) is 25.6 Å². The summed E-state index contributed by atoms with van der Waals surface area (Å²) in [4.78, 5) is 0.810. The molecule has 112 valence electrons. The van der Waals surface area contributed by atoms with Crippen molar-refractivity contribution in [1.29, 1.82) is 5.39 Å². The standard InChI is InChI=1S/C7H5BrN2O7S2.BrH/c1-17-6-5(8)4(18(11,12)13)2-3(10-9)7(6)19(14,15)16;/h2H,1H3,(H-,11,12,13,14,15,16);1H. The van der Waals surface area contributed by atoms with Crippen molar-refractivity contribution in [2.75, 3.05) is 7.11 Å². The number of hydrogen-bond acceptors (Lipinski definition) is 6. The Morgan fingerprint density at radius 3 is 2.05 bits per heavy atom. The normalized spacial score (nSPS) is 11.3. The van der Waals surface area contributed by atoms with E-state index in [-0.39, 0.29) is 17.0 Å². The third kappa shape index (κ3) is 3.65. The fraction of sp³-hybridized carbons (Fsp3) is 0.143. The summed E-state index contributed by atoms with van der Waals surface area (Å²) >= 11 is 2.72. The maximum absolute atomic E-state index is 11.2. The van der Waals surface area contributed by atoms with E-state index >= 15 is 0 Å². The fourth-order valence-electron chi connectivity index (χ4n) is 1.27. The summed E-state index contributed by atoms with van der Waals surface area (Å²) < 4.78 is 66.7. The Morgan fingerprint density at radius 1 is 1.25 bits per heavy atom. The minimum atomic E-state index is -4.86. The van der Waals surface area contributed by atoms with Crippen LogP contribution < -0.4 is 21.7 Å². The number of halogens is 2. The van der Waals surface area contributed by atoms with Crippen molar-refractivity contribution in [2.24, 2.45) is 0 Å². The first-order valence-electron chi connectivity index (χ1n) is 4.24. The maximum Gasteiger partial charge on any atom is 0.411 e. The average molecular weight is 454 g/mol. The topological polar surface area (TPSA) is 146 Å². The minimum absolute atomic E-state index is 0. The Labute approximate surface area is 133 Å². The van der Waals surface area contributed by atoms with Crippen molar-refractivity contribution < 1.29 is 47.7 Å².